The van der Waals surface area contributed by atoms with Gasteiger partial charge in [-0.15, -0.1) is 0 Å². The van der Waals surface area contributed by atoms with Crippen molar-refractivity contribution >= 4 is 6.29 Å². The molecule has 82 valence electrons. The zero-order valence-corrected chi connectivity index (χ0v) is 8.78. The van der Waals surface area contributed by atoms with E-state index in [1.165, 1.54) is 0 Å². The average Bonchev–Trinajstić information content (AvgIpc) is 2.33. The number of hydrogen-bond donors (Lipinski definition) is 2. The van der Waals surface area contributed by atoms with E-state index in [9.17, 15) is 4.79 Å². The normalized spacial score (nSPS) is 24.1. The topological polar surface area (TPSA) is 44.4 Å². The highest BCUT2D eigenvalue weighted by Gasteiger charge is 2.23. The fourth-order valence-corrected chi connectivity index (χ4v) is 2.00. The molecule has 1 atom stereocenters. The lowest BCUT2D eigenvalue weighted by molar-refractivity contribution is -0.111. The van der Waals surface area contributed by atoms with Crippen LogP contribution in [0.15, 0.2) is 24.0 Å². The molecule has 2 N–H and O–H groups in total. The fraction of sp³-hybridized carbons (Fsp3) is 0.545. The second-order valence-corrected chi connectivity index (χ2v) is 3.81. The Morgan fingerprint density at radius 2 is 2.20 bits per heavy atom. The minimum atomic E-state index is -0.1000. The lowest BCUT2D eigenvalue weighted by Crippen LogP contribution is -2.51. The molecule has 0 saturated carbocycles. The summed E-state index contributed by atoms with van der Waals surface area (Å²) < 4.78 is 0. The van der Waals surface area contributed by atoms with Gasteiger partial charge < -0.3 is 15.4 Å². The Morgan fingerprint density at radius 3 is 2.80 bits per heavy atom. The van der Waals surface area contributed by atoms with Gasteiger partial charge in [-0.3, -0.25) is 4.90 Å². The summed E-state index contributed by atoms with van der Waals surface area (Å²) in [6.45, 7) is 3.80. The van der Waals surface area contributed by atoms with Crippen LogP contribution in [0.2, 0.25) is 0 Å². The summed E-state index contributed by atoms with van der Waals surface area (Å²) in [7, 11) is 0. The Hall–Kier alpha value is -1.13. The first-order chi connectivity index (χ1) is 7.42. The molecule has 0 bridgehead atoms. The molecular formula is C11H17N3O. The molecule has 1 saturated heterocycles. The molecule has 0 amide bonds. The van der Waals surface area contributed by atoms with E-state index in [4.69, 9.17) is 0 Å². The quantitative estimate of drug-likeness (QED) is 0.632. The van der Waals surface area contributed by atoms with Gasteiger partial charge in [0.15, 0.2) is 0 Å². The van der Waals surface area contributed by atoms with Crippen LogP contribution in [0.1, 0.15) is 6.42 Å². The van der Waals surface area contributed by atoms with Crippen LogP contribution < -0.4 is 10.6 Å². The van der Waals surface area contributed by atoms with E-state index in [2.05, 4.69) is 21.6 Å². The van der Waals surface area contributed by atoms with Crippen LogP contribution in [0.3, 0.4) is 0 Å². The molecule has 4 nitrogen and oxygen atoms in total. The number of dihydropyridines is 1. The predicted molar refractivity (Wildman–Crippen MR) is 59.3 cm³/mol. The molecule has 0 spiro atoms. The minimum Gasteiger partial charge on any atom is -0.364 e. The van der Waals surface area contributed by atoms with Crippen molar-refractivity contribution in [1.29, 1.82) is 0 Å². The summed E-state index contributed by atoms with van der Waals surface area (Å²) in [5.41, 5.74) is 1.02. The number of nitrogens with one attached hydrogen (secondary N) is 2. The van der Waals surface area contributed by atoms with Crippen molar-refractivity contribution in [3.63, 3.8) is 0 Å². The molecule has 0 radical (unpaired) electrons. The van der Waals surface area contributed by atoms with E-state index >= 15 is 0 Å². The molecular weight excluding hydrogens is 190 g/mol. The Kier molecular flexibility index (Phi) is 3.53. The molecule has 0 aromatic heterocycles. The van der Waals surface area contributed by atoms with Gasteiger partial charge in [0.1, 0.15) is 12.3 Å². The number of carbonyl (C=O) groups is 1. The van der Waals surface area contributed by atoms with Crippen LogP contribution in [-0.2, 0) is 4.79 Å². The highest BCUT2D eigenvalue weighted by Crippen LogP contribution is 2.11. The summed E-state index contributed by atoms with van der Waals surface area (Å²) >= 11 is 0. The maximum atomic E-state index is 11.1. The molecule has 0 aromatic carbocycles. The van der Waals surface area contributed by atoms with Crippen LogP contribution in [0.4, 0.5) is 0 Å². The summed E-state index contributed by atoms with van der Waals surface area (Å²) in [4.78, 5) is 13.3. The van der Waals surface area contributed by atoms with Crippen molar-refractivity contribution in [2.24, 2.45) is 0 Å². The largest absolute Gasteiger partial charge is 0.364 e. The zero-order chi connectivity index (χ0) is 10.5. The fourth-order valence-electron chi connectivity index (χ4n) is 2.00. The highest BCUT2D eigenvalue weighted by molar-refractivity contribution is 5.63. The summed E-state index contributed by atoms with van der Waals surface area (Å²) in [5.74, 6) is 0. The van der Waals surface area contributed by atoms with Crippen molar-refractivity contribution in [2.45, 2.75) is 12.5 Å². The second-order valence-electron chi connectivity index (χ2n) is 3.81. The Morgan fingerprint density at radius 1 is 1.40 bits per heavy atom. The van der Waals surface area contributed by atoms with E-state index < -0.39 is 0 Å². The van der Waals surface area contributed by atoms with Gasteiger partial charge in [0.25, 0.3) is 0 Å². The van der Waals surface area contributed by atoms with Crippen LogP contribution in [0, 0.1) is 0 Å². The monoisotopic (exact) mass is 207 g/mol. The first-order valence-corrected chi connectivity index (χ1v) is 5.43. The van der Waals surface area contributed by atoms with Gasteiger partial charge in [-0.2, -0.15) is 0 Å². The molecule has 15 heavy (non-hydrogen) atoms. The number of carbonyl (C=O) groups excluding carboxylic acids is 1. The van der Waals surface area contributed by atoms with Gasteiger partial charge in [-0.1, -0.05) is 12.2 Å². The molecule has 2 aliphatic heterocycles. The van der Waals surface area contributed by atoms with Crippen LogP contribution in [0.25, 0.3) is 0 Å². The molecule has 2 heterocycles. The van der Waals surface area contributed by atoms with Crippen molar-refractivity contribution < 1.29 is 4.79 Å². The van der Waals surface area contributed by atoms with Gasteiger partial charge in [0, 0.05) is 31.9 Å². The lowest BCUT2D eigenvalue weighted by Gasteiger charge is -2.33. The van der Waals surface area contributed by atoms with Gasteiger partial charge in [-0.25, -0.2) is 0 Å². The molecule has 2 aliphatic rings. The Bertz CT molecular complexity index is 280. The average molecular weight is 207 g/mol. The van der Waals surface area contributed by atoms with Crippen molar-refractivity contribution in [3.8, 4) is 0 Å². The number of piperazine rings is 1. The Balaban J connectivity index is 2.01. The van der Waals surface area contributed by atoms with Crippen LogP contribution >= 0.6 is 0 Å². The van der Waals surface area contributed by atoms with Crippen LogP contribution in [-0.4, -0.2) is 43.4 Å². The Labute approximate surface area is 90.0 Å². The van der Waals surface area contributed by atoms with E-state index in [-0.39, 0.29) is 6.04 Å². The van der Waals surface area contributed by atoms with Crippen molar-refractivity contribution in [3.05, 3.63) is 24.0 Å². The van der Waals surface area contributed by atoms with Crippen molar-refractivity contribution in [1.82, 2.24) is 15.5 Å². The second kappa shape index (κ2) is 5.09. The minimum absolute atomic E-state index is 0.1000. The smallest absolute Gasteiger partial charge is 0.143 e. The lowest BCUT2D eigenvalue weighted by atomic mass is 10.1. The summed E-state index contributed by atoms with van der Waals surface area (Å²) in [6, 6.07) is -0.1000. The molecule has 1 unspecified atom stereocenters. The van der Waals surface area contributed by atoms with Gasteiger partial charge in [-0.05, 0) is 12.6 Å². The highest BCUT2D eigenvalue weighted by atomic mass is 16.1. The van der Waals surface area contributed by atoms with Crippen molar-refractivity contribution in [2.75, 3.05) is 26.2 Å². The maximum Gasteiger partial charge on any atom is 0.143 e. The first kappa shape index (κ1) is 10.4. The third-order valence-electron chi connectivity index (χ3n) is 2.83. The summed E-state index contributed by atoms with van der Waals surface area (Å²) in [6.07, 6.45) is 7.99. The van der Waals surface area contributed by atoms with Gasteiger partial charge in [0.2, 0.25) is 0 Å². The van der Waals surface area contributed by atoms with Gasteiger partial charge in [0.05, 0.1) is 0 Å². The third kappa shape index (κ3) is 2.46. The van der Waals surface area contributed by atoms with E-state index in [1.54, 1.807) is 0 Å². The predicted octanol–water partition coefficient (Wildman–Crippen LogP) is -0.150. The van der Waals surface area contributed by atoms with E-state index in [0.717, 1.165) is 44.6 Å². The molecule has 0 aliphatic carbocycles. The van der Waals surface area contributed by atoms with Crippen LogP contribution in [0.5, 0.6) is 0 Å². The zero-order valence-electron chi connectivity index (χ0n) is 8.78. The number of nitrogens with zero attached hydrogens (tertiary/aromatic N) is 1. The molecule has 0 aromatic rings. The van der Waals surface area contributed by atoms with E-state index in [0.29, 0.717) is 0 Å². The number of hydrogen-bond acceptors (Lipinski definition) is 4. The molecule has 2 rings (SSSR count). The molecule has 4 heteroatoms. The van der Waals surface area contributed by atoms with E-state index in [1.807, 2.05) is 12.3 Å². The third-order valence-corrected chi connectivity index (χ3v) is 2.83. The first-order valence-electron chi connectivity index (χ1n) is 5.43. The summed E-state index contributed by atoms with van der Waals surface area (Å²) in [5, 5.41) is 6.44. The SMILES string of the molecule is O=CC(C1=CCC=CN1)N1CCNCC1. The number of allylic oxidation sites excluding steroid dienone is 2. The standard InChI is InChI=1S/C11H17N3O/c15-9-11(10-3-1-2-4-13-10)14-7-5-12-6-8-14/h2-4,9,11-13H,1,5-8H2. The number of rotatable bonds is 3. The number of aldehydes is 1. The van der Waals surface area contributed by atoms with Gasteiger partial charge >= 0.3 is 0 Å². The molecule has 1 fully saturated rings. The maximum absolute atomic E-state index is 11.1.